The molecule has 0 fully saturated rings. The predicted octanol–water partition coefficient (Wildman–Crippen LogP) is 2.41. The molecule has 86 valence electrons. The van der Waals surface area contributed by atoms with Gasteiger partial charge in [-0.3, -0.25) is 4.79 Å². The fourth-order valence-corrected chi connectivity index (χ4v) is 2.08. The van der Waals surface area contributed by atoms with Crippen LogP contribution in [-0.4, -0.2) is 19.0 Å². The first-order valence-corrected chi connectivity index (χ1v) is 5.71. The molecule has 1 aromatic rings. The standard InChI is InChI=1S/C13H18N2O/c1-9(2)7-15-8-13(16)14-11-6-10(3)4-5-12(11)15/h4-6,9H,7-8H2,1-3H3,(H,14,16). The van der Waals surface area contributed by atoms with E-state index in [0.29, 0.717) is 12.5 Å². The molecule has 3 nitrogen and oxygen atoms in total. The van der Waals surface area contributed by atoms with Crippen molar-refractivity contribution in [1.82, 2.24) is 0 Å². The van der Waals surface area contributed by atoms with Gasteiger partial charge in [-0.05, 0) is 30.5 Å². The van der Waals surface area contributed by atoms with Crippen molar-refractivity contribution < 1.29 is 4.79 Å². The van der Waals surface area contributed by atoms with Gasteiger partial charge in [0.1, 0.15) is 0 Å². The fraction of sp³-hybridized carbons (Fsp3) is 0.462. The van der Waals surface area contributed by atoms with Crippen LogP contribution >= 0.6 is 0 Å². The summed E-state index contributed by atoms with van der Waals surface area (Å²) in [5.74, 6) is 0.638. The number of carbonyl (C=O) groups excluding carboxylic acids is 1. The van der Waals surface area contributed by atoms with Crippen LogP contribution in [0.15, 0.2) is 18.2 Å². The molecular formula is C13H18N2O. The Labute approximate surface area is 96.5 Å². The van der Waals surface area contributed by atoms with E-state index in [1.165, 1.54) is 5.56 Å². The van der Waals surface area contributed by atoms with Crippen LogP contribution in [0.1, 0.15) is 19.4 Å². The van der Waals surface area contributed by atoms with Gasteiger partial charge in [0.05, 0.1) is 17.9 Å². The molecule has 0 atom stereocenters. The summed E-state index contributed by atoms with van der Waals surface area (Å²) in [6.45, 7) is 7.76. The van der Waals surface area contributed by atoms with Gasteiger partial charge in [0.15, 0.2) is 0 Å². The largest absolute Gasteiger partial charge is 0.360 e. The van der Waals surface area contributed by atoms with E-state index in [1.54, 1.807) is 0 Å². The highest BCUT2D eigenvalue weighted by Crippen LogP contribution is 2.30. The number of hydrogen-bond donors (Lipinski definition) is 1. The van der Waals surface area contributed by atoms with E-state index in [2.05, 4.69) is 36.2 Å². The summed E-state index contributed by atoms with van der Waals surface area (Å²) in [7, 11) is 0. The number of nitrogens with zero attached hydrogens (tertiary/aromatic N) is 1. The smallest absolute Gasteiger partial charge is 0.243 e. The molecule has 1 aromatic carbocycles. The molecule has 0 bridgehead atoms. The second-order valence-corrected chi connectivity index (χ2v) is 4.84. The quantitative estimate of drug-likeness (QED) is 0.826. The average Bonchev–Trinajstić information content (AvgIpc) is 2.15. The van der Waals surface area contributed by atoms with E-state index in [-0.39, 0.29) is 5.91 Å². The summed E-state index contributed by atoms with van der Waals surface area (Å²) in [5, 5.41) is 2.92. The summed E-state index contributed by atoms with van der Waals surface area (Å²) >= 11 is 0. The number of aryl methyl sites for hydroxylation is 1. The van der Waals surface area contributed by atoms with Crippen molar-refractivity contribution in [2.45, 2.75) is 20.8 Å². The molecule has 0 saturated heterocycles. The van der Waals surface area contributed by atoms with E-state index in [9.17, 15) is 4.79 Å². The van der Waals surface area contributed by atoms with Crippen LogP contribution in [0.4, 0.5) is 11.4 Å². The van der Waals surface area contributed by atoms with Gasteiger partial charge in [-0.2, -0.15) is 0 Å². The molecule has 1 N–H and O–H groups in total. The van der Waals surface area contributed by atoms with Gasteiger partial charge >= 0.3 is 0 Å². The Morgan fingerprint density at radius 1 is 1.44 bits per heavy atom. The topological polar surface area (TPSA) is 32.3 Å². The Morgan fingerprint density at radius 2 is 2.19 bits per heavy atom. The average molecular weight is 218 g/mol. The Hall–Kier alpha value is -1.51. The zero-order valence-electron chi connectivity index (χ0n) is 10.1. The number of rotatable bonds is 2. The first-order chi connectivity index (χ1) is 7.56. The summed E-state index contributed by atoms with van der Waals surface area (Å²) < 4.78 is 0. The van der Waals surface area contributed by atoms with Crippen molar-refractivity contribution >= 4 is 17.3 Å². The number of fused-ring (bicyclic) bond motifs is 1. The molecule has 2 rings (SSSR count). The Bertz CT molecular complexity index is 412. The van der Waals surface area contributed by atoms with Gasteiger partial charge in [-0.1, -0.05) is 19.9 Å². The SMILES string of the molecule is Cc1ccc2c(c1)NC(=O)CN2CC(C)C. The van der Waals surface area contributed by atoms with Crippen molar-refractivity contribution in [2.75, 3.05) is 23.3 Å². The van der Waals surface area contributed by atoms with Crippen LogP contribution < -0.4 is 10.2 Å². The number of nitrogens with one attached hydrogen (secondary N) is 1. The Morgan fingerprint density at radius 3 is 2.88 bits per heavy atom. The normalized spacial score (nSPS) is 15.0. The van der Waals surface area contributed by atoms with Gasteiger partial charge in [0.25, 0.3) is 0 Å². The number of benzene rings is 1. The highest BCUT2D eigenvalue weighted by atomic mass is 16.2. The van der Waals surface area contributed by atoms with Crippen LogP contribution in [0.2, 0.25) is 0 Å². The van der Waals surface area contributed by atoms with Gasteiger partial charge in [0.2, 0.25) is 5.91 Å². The van der Waals surface area contributed by atoms with E-state index >= 15 is 0 Å². The predicted molar refractivity (Wildman–Crippen MR) is 66.9 cm³/mol. The van der Waals surface area contributed by atoms with Crippen LogP contribution in [-0.2, 0) is 4.79 Å². The molecule has 3 heteroatoms. The molecule has 1 aliphatic rings. The second-order valence-electron chi connectivity index (χ2n) is 4.84. The van der Waals surface area contributed by atoms with Crippen LogP contribution in [0.5, 0.6) is 0 Å². The highest BCUT2D eigenvalue weighted by molar-refractivity contribution is 6.01. The lowest BCUT2D eigenvalue weighted by Crippen LogP contribution is -2.40. The Balaban J connectivity index is 2.34. The van der Waals surface area contributed by atoms with E-state index in [0.717, 1.165) is 17.9 Å². The lowest BCUT2D eigenvalue weighted by atomic mass is 10.1. The molecule has 1 aliphatic heterocycles. The molecule has 0 aromatic heterocycles. The number of amides is 1. The molecule has 16 heavy (non-hydrogen) atoms. The van der Waals surface area contributed by atoms with E-state index < -0.39 is 0 Å². The first kappa shape index (κ1) is 11.0. The molecule has 0 aliphatic carbocycles. The third-order valence-corrected chi connectivity index (χ3v) is 2.69. The summed E-state index contributed by atoms with van der Waals surface area (Å²) in [5.41, 5.74) is 3.25. The maximum Gasteiger partial charge on any atom is 0.243 e. The number of carbonyl (C=O) groups is 1. The zero-order chi connectivity index (χ0) is 11.7. The van der Waals surface area contributed by atoms with Crippen LogP contribution in [0.3, 0.4) is 0 Å². The second kappa shape index (κ2) is 4.16. The zero-order valence-corrected chi connectivity index (χ0v) is 10.1. The van der Waals surface area contributed by atoms with Crippen LogP contribution in [0.25, 0.3) is 0 Å². The third kappa shape index (κ3) is 2.18. The van der Waals surface area contributed by atoms with Gasteiger partial charge in [0, 0.05) is 6.54 Å². The monoisotopic (exact) mass is 218 g/mol. The summed E-state index contributed by atoms with van der Waals surface area (Å²) in [4.78, 5) is 13.7. The number of hydrogen-bond acceptors (Lipinski definition) is 2. The van der Waals surface area contributed by atoms with Crippen LogP contribution in [0, 0.1) is 12.8 Å². The molecule has 1 amide bonds. The maximum atomic E-state index is 11.6. The van der Waals surface area contributed by atoms with E-state index in [1.807, 2.05) is 13.0 Å². The molecule has 0 unspecified atom stereocenters. The van der Waals surface area contributed by atoms with Crippen molar-refractivity contribution in [3.8, 4) is 0 Å². The van der Waals surface area contributed by atoms with E-state index in [4.69, 9.17) is 0 Å². The van der Waals surface area contributed by atoms with Crippen molar-refractivity contribution in [3.63, 3.8) is 0 Å². The van der Waals surface area contributed by atoms with Gasteiger partial charge < -0.3 is 10.2 Å². The minimum atomic E-state index is 0.0822. The van der Waals surface area contributed by atoms with Crippen molar-refractivity contribution in [1.29, 1.82) is 0 Å². The number of anilines is 2. The molecule has 0 radical (unpaired) electrons. The summed E-state index contributed by atoms with van der Waals surface area (Å²) in [6, 6.07) is 6.20. The fourth-order valence-electron chi connectivity index (χ4n) is 2.08. The molecule has 0 saturated carbocycles. The maximum absolute atomic E-state index is 11.6. The third-order valence-electron chi connectivity index (χ3n) is 2.69. The van der Waals surface area contributed by atoms with Crippen molar-refractivity contribution in [3.05, 3.63) is 23.8 Å². The first-order valence-electron chi connectivity index (χ1n) is 5.71. The summed E-state index contributed by atoms with van der Waals surface area (Å²) in [6.07, 6.45) is 0. The van der Waals surface area contributed by atoms with Crippen molar-refractivity contribution in [2.24, 2.45) is 5.92 Å². The lowest BCUT2D eigenvalue weighted by molar-refractivity contribution is -0.115. The lowest BCUT2D eigenvalue weighted by Gasteiger charge is -2.32. The molecule has 1 heterocycles. The minimum Gasteiger partial charge on any atom is -0.360 e. The molecular weight excluding hydrogens is 200 g/mol. The van der Waals surface area contributed by atoms with Gasteiger partial charge in [-0.25, -0.2) is 0 Å². The molecule has 0 spiro atoms. The Kier molecular flexibility index (Phi) is 2.86. The minimum absolute atomic E-state index is 0.0822. The highest BCUT2D eigenvalue weighted by Gasteiger charge is 2.21. The van der Waals surface area contributed by atoms with Gasteiger partial charge in [-0.15, -0.1) is 0 Å².